The van der Waals surface area contributed by atoms with E-state index in [-0.39, 0.29) is 5.41 Å². The van der Waals surface area contributed by atoms with Crippen LogP contribution in [0.15, 0.2) is 24.3 Å². The van der Waals surface area contributed by atoms with E-state index in [1.165, 1.54) is 12.1 Å². The van der Waals surface area contributed by atoms with Crippen molar-refractivity contribution >= 4 is 5.69 Å². The monoisotopic (exact) mass is 278 g/mol. The summed E-state index contributed by atoms with van der Waals surface area (Å²) < 4.78 is 5.30. The zero-order valence-corrected chi connectivity index (χ0v) is 13.9. The van der Waals surface area contributed by atoms with Gasteiger partial charge in [-0.2, -0.15) is 0 Å². The highest BCUT2D eigenvalue weighted by atomic mass is 16.5. The smallest absolute Gasteiger partial charge is 0.120 e. The normalized spacial score (nSPS) is 13.1. The van der Waals surface area contributed by atoms with Crippen LogP contribution in [0.1, 0.15) is 34.1 Å². The number of hydrogen-bond acceptors (Lipinski definition) is 3. The molecule has 1 rings (SSSR count). The molecular weight excluding hydrogens is 248 g/mol. The fourth-order valence-corrected chi connectivity index (χ4v) is 2.32. The number of benzene rings is 1. The highest BCUT2D eigenvalue weighted by Gasteiger charge is 2.27. The molecule has 1 unspecified atom stereocenters. The Labute approximate surface area is 124 Å². The minimum absolute atomic E-state index is 0.201. The molecule has 0 aliphatic carbocycles. The Bertz CT molecular complexity index is 404. The van der Waals surface area contributed by atoms with E-state index in [1.807, 2.05) is 12.1 Å². The molecule has 0 aliphatic rings. The molecule has 1 aromatic rings. The lowest BCUT2D eigenvalue weighted by Gasteiger charge is -2.37. The quantitative estimate of drug-likeness (QED) is 0.787. The lowest BCUT2D eigenvalue weighted by molar-refractivity contribution is 0.263. The van der Waals surface area contributed by atoms with Gasteiger partial charge in [0.25, 0.3) is 0 Å². The Balaban J connectivity index is 2.69. The van der Waals surface area contributed by atoms with Gasteiger partial charge in [-0.3, -0.25) is 0 Å². The van der Waals surface area contributed by atoms with Crippen molar-refractivity contribution in [2.75, 3.05) is 32.1 Å². The third-order valence-electron chi connectivity index (χ3n) is 4.01. The molecule has 0 aromatic heterocycles. The average Bonchev–Trinajstić information content (AvgIpc) is 2.44. The molecule has 20 heavy (non-hydrogen) atoms. The van der Waals surface area contributed by atoms with Gasteiger partial charge in [0.05, 0.1) is 7.11 Å². The van der Waals surface area contributed by atoms with Crippen LogP contribution in [-0.2, 0) is 0 Å². The van der Waals surface area contributed by atoms with Crippen LogP contribution in [0.25, 0.3) is 0 Å². The Hall–Kier alpha value is -1.22. The van der Waals surface area contributed by atoms with E-state index in [0.717, 1.165) is 18.8 Å². The number of hydrogen-bond donors (Lipinski definition) is 1. The molecule has 3 heteroatoms. The lowest BCUT2D eigenvalue weighted by atomic mass is 9.84. The van der Waals surface area contributed by atoms with Crippen molar-refractivity contribution < 1.29 is 4.74 Å². The summed E-state index contributed by atoms with van der Waals surface area (Å²) in [4.78, 5) is 2.30. The van der Waals surface area contributed by atoms with E-state index in [4.69, 9.17) is 4.74 Å². The topological polar surface area (TPSA) is 24.5 Å². The maximum Gasteiger partial charge on any atom is 0.120 e. The second-order valence-corrected chi connectivity index (χ2v) is 6.22. The summed E-state index contributed by atoms with van der Waals surface area (Å²) in [5.41, 5.74) is 1.40. The molecule has 0 radical (unpaired) electrons. The minimum Gasteiger partial charge on any atom is -0.497 e. The fourth-order valence-electron chi connectivity index (χ4n) is 2.32. The maximum atomic E-state index is 5.30. The largest absolute Gasteiger partial charge is 0.497 e. The molecule has 1 aromatic carbocycles. The van der Waals surface area contributed by atoms with Crippen molar-refractivity contribution in [3.63, 3.8) is 0 Å². The standard InChI is InChI=1S/C17H30N2O/c1-7-11-18-14(2)17(3,4)13-19(5)15-9-8-10-16(12-15)20-6/h8-10,12,14,18H,7,11,13H2,1-6H3. The summed E-state index contributed by atoms with van der Waals surface area (Å²) in [6.07, 6.45) is 1.17. The zero-order chi connectivity index (χ0) is 15.2. The number of rotatable bonds is 8. The van der Waals surface area contributed by atoms with E-state index in [1.54, 1.807) is 7.11 Å². The third-order valence-corrected chi connectivity index (χ3v) is 4.01. The molecule has 1 N–H and O–H groups in total. The lowest BCUT2D eigenvalue weighted by Crippen LogP contribution is -2.46. The summed E-state index contributed by atoms with van der Waals surface area (Å²) in [6.45, 7) is 11.2. The second-order valence-electron chi connectivity index (χ2n) is 6.22. The first kappa shape index (κ1) is 16.8. The Morgan fingerprint density at radius 2 is 2.05 bits per heavy atom. The van der Waals surface area contributed by atoms with Crippen molar-refractivity contribution in [1.29, 1.82) is 0 Å². The molecule has 0 bridgehead atoms. The summed E-state index contributed by atoms with van der Waals surface area (Å²) in [5.74, 6) is 0.907. The van der Waals surface area contributed by atoms with Crippen LogP contribution < -0.4 is 15.0 Å². The first-order valence-corrected chi connectivity index (χ1v) is 7.49. The van der Waals surface area contributed by atoms with Crippen molar-refractivity contribution in [3.8, 4) is 5.75 Å². The molecule has 0 heterocycles. The summed E-state index contributed by atoms with van der Waals surface area (Å²) in [7, 11) is 3.85. The van der Waals surface area contributed by atoms with Crippen LogP contribution in [-0.4, -0.2) is 33.3 Å². The summed E-state index contributed by atoms with van der Waals surface area (Å²) >= 11 is 0. The number of nitrogens with one attached hydrogen (secondary N) is 1. The van der Waals surface area contributed by atoms with Crippen LogP contribution in [0.2, 0.25) is 0 Å². The van der Waals surface area contributed by atoms with Gasteiger partial charge in [-0.05, 0) is 37.4 Å². The number of methoxy groups -OCH3 is 1. The van der Waals surface area contributed by atoms with Crippen LogP contribution >= 0.6 is 0 Å². The SMILES string of the molecule is CCCNC(C)C(C)(C)CN(C)c1cccc(OC)c1. The molecule has 0 spiro atoms. The number of ether oxygens (including phenoxy) is 1. The fraction of sp³-hybridized carbons (Fsp3) is 0.647. The van der Waals surface area contributed by atoms with Gasteiger partial charge in [0.1, 0.15) is 5.75 Å². The van der Waals surface area contributed by atoms with E-state index in [2.05, 4.69) is 57.1 Å². The van der Waals surface area contributed by atoms with E-state index < -0.39 is 0 Å². The third kappa shape index (κ3) is 4.71. The first-order valence-electron chi connectivity index (χ1n) is 7.49. The van der Waals surface area contributed by atoms with Gasteiger partial charge in [0, 0.05) is 31.4 Å². The van der Waals surface area contributed by atoms with E-state index in [9.17, 15) is 0 Å². The van der Waals surface area contributed by atoms with Gasteiger partial charge in [-0.1, -0.05) is 26.8 Å². The molecular formula is C17H30N2O. The minimum atomic E-state index is 0.201. The number of anilines is 1. The van der Waals surface area contributed by atoms with E-state index >= 15 is 0 Å². The predicted molar refractivity (Wildman–Crippen MR) is 87.8 cm³/mol. The van der Waals surface area contributed by atoms with Gasteiger partial charge >= 0.3 is 0 Å². The van der Waals surface area contributed by atoms with Gasteiger partial charge in [0.15, 0.2) is 0 Å². The molecule has 0 saturated carbocycles. The average molecular weight is 278 g/mol. The second kappa shape index (κ2) is 7.53. The van der Waals surface area contributed by atoms with Crippen molar-refractivity contribution in [1.82, 2.24) is 5.32 Å². The van der Waals surface area contributed by atoms with Gasteiger partial charge in [-0.15, -0.1) is 0 Å². The Morgan fingerprint density at radius 3 is 2.65 bits per heavy atom. The molecule has 0 aliphatic heterocycles. The molecule has 0 amide bonds. The molecule has 3 nitrogen and oxygen atoms in total. The van der Waals surface area contributed by atoms with Crippen molar-refractivity contribution in [3.05, 3.63) is 24.3 Å². The highest BCUT2D eigenvalue weighted by molar-refractivity contribution is 5.50. The van der Waals surface area contributed by atoms with Crippen LogP contribution in [0, 0.1) is 5.41 Å². The van der Waals surface area contributed by atoms with Crippen molar-refractivity contribution in [2.24, 2.45) is 5.41 Å². The first-order chi connectivity index (χ1) is 9.40. The highest BCUT2D eigenvalue weighted by Crippen LogP contribution is 2.26. The maximum absolute atomic E-state index is 5.30. The Morgan fingerprint density at radius 1 is 1.35 bits per heavy atom. The predicted octanol–water partition coefficient (Wildman–Crippen LogP) is 3.55. The van der Waals surface area contributed by atoms with Gasteiger partial charge < -0.3 is 15.0 Å². The van der Waals surface area contributed by atoms with Crippen LogP contribution in [0.5, 0.6) is 5.75 Å². The molecule has 114 valence electrons. The van der Waals surface area contributed by atoms with Crippen LogP contribution in [0.3, 0.4) is 0 Å². The summed E-state index contributed by atoms with van der Waals surface area (Å²) in [6, 6.07) is 8.71. The van der Waals surface area contributed by atoms with Gasteiger partial charge in [-0.25, -0.2) is 0 Å². The zero-order valence-electron chi connectivity index (χ0n) is 13.9. The molecule has 0 saturated heterocycles. The summed E-state index contributed by atoms with van der Waals surface area (Å²) in [5, 5.41) is 3.60. The van der Waals surface area contributed by atoms with Crippen molar-refractivity contribution in [2.45, 2.75) is 40.2 Å². The number of nitrogens with zero attached hydrogens (tertiary/aromatic N) is 1. The molecule has 0 fully saturated rings. The van der Waals surface area contributed by atoms with Gasteiger partial charge in [0.2, 0.25) is 0 Å². The molecule has 1 atom stereocenters. The van der Waals surface area contributed by atoms with Crippen LogP contribution in [0.4, 0.5) is 5.69 Å². The Kier molecular flexibility index (Phi) is 6.34. The van der Waals surface area contributed by atoms with E-state index in [0.29, 0.717) is 6.04 Å².